The third-order valence-corrected chi connectivity index (χ3v) is 3.62. The van der Waals surface area contributed by atoms with Crippen molar-refractivity contribution in [2.45, 2.75) is 49.0 Å². The Kier molecular flexibility index (Phi) is 1.16. The van der Waals surface area contributed by atoms with E-state index in [4.69, 9.17) is 18.9 Å². The summed E-state index contributed by atoms with van der Waals surface area (Å²) in [5.74, 6) is -5.33. The molecular weight excluding hydrogens is 204 g/mol. The lowest BCUT2D eigenvalue weighted by molar-refractivity contribution is -0.290. The van der Waals surface area contributed by atoms with Crippen LogP contribution in [0, 0.1) is 0 Å². The topological polar surface area (TPSA) is 87.3 Å². The Balaban J connectivity index is 1.60. The predicted molar refractivity (Wildman–Crippen MR) is 43.3 cm³/mol. The van der Waals surface area contributed by atoms with Gasteiger partial charge in [-0.1, -0.05) is 13.3 Å². The third kappa shape index (κ3) is 0.658. The summed E-state index contributed by atoms with van der Waals surface area (Å²) in [7, 11) is 0. The quantitative estimate of drug-likeness (QED) is 0.591. The Hall–Kier alpha value is -0.240. The second-order valence-corrected chi connectivity index (χ2v) is 4.59. The first-order valence-electron chi connectivity index (χ1n) is 5.20. The fourth-order valence-corrected chi connectivity index (χ4v) is 2.63. The highest BCUT2D eigenvalue weighted by Crippen LogP contribution is 2.79. The molecule has 4 fully saturated rings. The first kappa shape index (κ1) is 8.86. The summed E-state index contributed by atoms with van der Waals surface area (Å²) in [4.78, 5) is 0. The van der Waals surface area contributed by atoms with Gasteiger partial charge in [0.15, 0.2) is 0 Å². The van der Waals surface area contributed by atoms with Crippen LogP contribution in [0.4, 0.5) is 0 Å². The van der Waals surface area contributed by atoms with Crippen LogP contribution in [0.15, 0.2) is 0 Å². The van der Waals surface area contributed by atoms with Gasteiger partial charge < -0.3 is 29.2 Å². The van der Waals surface area contributed by atoms with Gasteiger partial charge in [0, 0.05) is 6.42 Å². The van der Waals surface area contributed by atoms with Crippen LogP contribution in [0.1, 0.15) is 19.8 Å². The monoisotopic (exact) mass is 216 g/mol. The van der Waals surface area contributed by atoms with Gasteiger partial charge in [-0.3, -0.25) is 0 Å². The van der Waals surface area contributed by atoms with Gasteiger partial charge in [0.25, 0.3) is 17.4 Å². The van der Waals surface area contributed by atoms with Crippen molar-refractivity contribution in [3.8, 4) is 0 Å². The maximum absolute atomic E-state index is 10.1. The highest BCUT2D eigenvalue weighted by Gasteiger charge is 3.07. The zero-order chi connectivity index (χ0) is 10.5. The van der Waals surface area contributed by atoms with Crippen LogP contribution in [0.3, 0.4) is 0 Å². The van der Waals surface area contributed by atoms with E-state index < -0.39 is 29.3 Å². The molecule has 4 aliphatic rings. The molecule has 0 aromatic carbocycles. The summed E-state index contributed by atoms with van der Waals surface area (Å²) in [6, 6.07) is 0. The van der Waals surface area contributed by atoms with Gasteiger partial charge in [-0.2, -0.15) is 0 Å². The molecule has 5 unspecified atom stereocenters. The maximum atomic E-state index is 10.1. The van der Waals surface area contributed by atoms with E-state index in [1.54, 1.807) is 0 Å². The first-order valence-corrected chi connectivity index (χ1v) is 5.20. The van der Waals surface area contributed by atoms with Crippen molar-refractivity contribution in [2.75, 3.05) is 6.61 Å². The average molecular weight is 216 g/mol. The maximum Gasteiger partial charge on any atom is 0.293 e. The zero-order valence-electron chi connectivity index (χ0n) is 8.23. The van der Waals surface area contributed by atoms with Gasteiger partial charge in [-0.15, -0.1) is 0 Å². The molecule has 4 aliphatic heterocycles. The molecule has 0 aromatic heterocycles. The van der Waals surface area contributed by atoms with E-state index in [1.807, 2.05) is 6.92 Å². The Morgan fingerprint density at radius 3 is 2.53 bits per heavy atom. The second kappa shape index (κ2) is 1.97. The number of fused-ring (bicyclic) bond motifs is 2. The lowest BCUT2D eigenvalue weighted by Gasteiger charge is -2.32. The molecule has 0 amide bonds. The van der Waals surface area contributed by atoms with Crippen LogP contribution in [-0.2, 0) is 18.9 Å². The van der Waals surface area contributed by atoms with E-state index in [0.717, 1.165) is 6.42 Å². The normalized spacial score (nSPS) is 68.6. The van der Waals surface area contributed by atoms with Gasteiger partial charge in [0.2, 0.25) is 5.79 Å². The minimum absolute atomic E-state index is 0.398. The van der Waals surface area contributed by atoms with E-state index >= 15 is 0 Å². The summed E-state index contributed by atoms with van der Waals surface area (Å²) in [5, 5.41) is 20.1. The minimum atomic E-state index is -1.52. The molecule has 15 heavy (non-hydrogen) atoms. The second-order valence-electron chi connectivity index (χ2n) is 4.59. The summed E-state index contributed by atoms with van der Waals surface area (Å²) in [5.41, 5.74) is 0. The fraction of sp³-hybridized carbons (Fsp3) is 1.00. The van der Waals surface area contributed by atoms with Crippen LogP contribution in [-0.4, -0.2) is 46.1 Å². The third-order valence-electron chi connectivity index (χ3n) is 3.62. The molecule has 0 bridgehead atoms. The largest absolute Gasteiger partial charge is 0.367 e. The van der Waals surface area contributed by atoms with E-state index in [2.05, 4.69) is 0 Å². The van der Waals surface area contributed by atoms with Crippen molar-refractivity contribution < 1.29 is 29.2 Å². The Morgan fingerprint density at radius 1 is 1.27 bits per heavy atom. The first-order chi connectivity index (χ1) is 7.04. The van der Waals surface area contributed by atoms with Gasteiger partial charge in [-0.05, 0) is 0 Å². The molecule has 1 spiro atoms. The predicted octanol–water partition coefficient (Wildman–Crippen LogP) is -0.954. The number of aliphatic hydroxyl groups is 2. The highest BCUT2D eigenvalue weighted by atomic mass is 17.1. The molecular formula is C9H12O6. The Labute approximate surface area is 85.7 Å². The van der Waals surface area contributed by atoms with Crippen LogP contribution < -0.4 is 0 Å². The van der Waals surface area contributed by atoms with Crippen molar-refractivity contribution in [1.82, 2.24) is 0 Å². The van der Waals surface area contributed by atoms with Crippen molar-refractivity contribution >= 4 is 0 Å². The van der Waals surface area contributed by atoms with E-state index in [1.165, 1.54) is 0 Å². The van der Waals surface area contributed by atoms with Crippen LogP contribution in [0.25, 0.3) is 0 Å². The Bertz CT molecular complexity index is 357. The Morgan fingerprint density at radius 2 is 2.00 bits per heavy atom. The molecule has 5 atom stereocenters. The van der Waals surface area contributed by atoms with Crippen molar-refractivity contribution in [1.29, 1.82) is 0 Å². The highest BCUT2D eigenvalue weighted by molar-refractivity contribution is 5.33. The molecule has 0 aromatic rings. The molecule has 84 valence electrons. The number of hydrogen-bond acceptors (Lipinski definition) is 6. The average Bonchev–Trinajstić information content (AvgIpc) is 3.02. The SMILES string of the molecule is CCCC12OC1(O)C1(O2)OC1(O)C1CO1. The summed E-state index contributed by atoms with van der Waals surface area (Å²) in [6.07, 6.45) is 1.03. The number of hydrogen-bond donors (Lipinski definition) is 2. The van der Waals surface area contributed by atoms with Gasteiger partial charge in [-0.25, -0.2) is 0 Å². The van der Waals surface area contributed by atoms with Gasteiger partial charge in [0.1, 0.15) is 6.10 Å². The molecule has 0 aliphatic carbocycles. The molecule has 6 heteroatoms. The molecule has 0 radical (unpaired) electrons. The number of epoxide rings is 3. The van der Waals surface area contributed by atoms with Gasteiger partial charge in [0.05, 0.1) is 6.61 Å². The zero-order valence-corrected chi connectivity index (χ0v) is 8.23. The van der Waals surface area contributed by atoms with Crippen molar-refractivity contribution in [2.24, 2.45) is 0 Å². The van der Waals surface area contributed by atoms with Crippen molar-refractivity contribution in [3.05, 3.63) is 0 Å². The summed E-state index contributed by atoms with van der Waals surface area (Å²) in [6.45, 7) is 2.40. The molecule has 0 saturated carbocycles. The van der Waals surface area contributed by atoms with Crippen molar-refractivity contribution in [3.63, 3.8) is 0 Å². The summed E-state index contributed by atoms with van der Waals surface area (Å²) >= 11 is 0. The standard InChI is InChI=1S/C9H12O6/c1-2-3-6-8(11,13-6)9(14-6)7(10,15-9)5-4-12-5/h5,10-11H,2-4H2,1H3. The molecule has 6 nitrogen and oxygen atoms in total. The fourth-order valence-electron chi connectivity index (χ4n) is 2.63. The smallest absolute Gasteiger partial charge is 0.293 e. The summed E-state index contributed by atoms with van der Waals surface area (Å²) < 4.78 is 20.7. The van der Waals surface area contributed by atoms with E-state index in [0.29, 0.717) is 13.0 Å². The molecule has 4 heterocycles. The minimum Gasteiger partial charge on any atom is -0.367 e. The van der Waals surface area contributed by atoms with E-state index in [9.17, 15) is 10.2 Å². The van der Waals surface area contributed by atoms with Gasteiger partial charge >= 0.3 is 0 Å². The molecule has 4 rings (SSSR count). The lowest BCUT2D eigenvalue weighted by atomic mass is 9.92. The van der Waals surface area contributed by atoms with E-state index in [-0.39, 0.29) is 0 Å². The number of ether oxygens (including phenoxy) is 4. The van der Waals surface area contributed by atoms with Crippen LogP contribution in [0.2, 0.25) is 0 Å². The van der Waals surface area contributed by atoms with Crippen LogP contribution >= 0.6 is 0 Å². The molecule has 4 saturated heterocycles. The van der Waals surface area contributed by atoms with Crippen LogP contribution in [0.5, 0.6) is 0 Å². The molecule has 2 N–H and O–H groups in total. The lowest BCUT2D eigenvalue weighted by Crippen LogP contribution is -2.61. The number of rotatable bonds is 3.